The third-order valence-electron chi connectivity index (χ3n) is 4.28. The van der Waals surface area contributed by atoms with Crippen LogP contribution in [0.4, 0.5) is 4.79 Å². The fourth-order valence-electron chi connectivity index (χ4n) is 2.91. The van der Waals surface area contributed by atoms with E-state index in [9.17, 15) is 19.2 Å². The van der Waals surface area contributed by atoms with Gasteiger partial charge in [-0.3, -0.25) is 9.59 Å². The molecule has 2 saturated heterocycles. The molecule has 0 aliphatic carbocycles. The number of hydrogen-bond acceptors (Lipinski definition) is 7. The molecule has 10 heteroatoms. The number of nitrogens with one attached hydrogen (secondary N) is 2. The summed E-state index contributed by atoms with van der Waals surface area (Å²) in [7, 11) is 0. The molecule has 0 spiro atoms. The highest BCUT2D eigenvalue weighted by Gasteiger charge is 2.42. The number of amides is 3. The number of rotatable bonds is 9. The SMILES string of the molecule is NC(=O)CC[C@H](N)C(=O)OC(=O)CCCC[C@@H]1SC[C@@H]2NC(=O)N[C@@H]21. The van der Waals surface area contributed by atoms with Crippen LogP contribution < -0.4 is 22.1 Å². The predicted octanol–water partition coefficient (Wildman–Crippen LogP) is -0.625. The zero-order chi connectivity index (χ0) is 18.4. The molecule has 0 aromatic rings. The fraction of sp³-hybridized carbons (Fsp3) is 0.733. The molecule has 0 aromatic heterocycles. The van der Waals surface area contributed by atoms with Crippen molar-refractivity contribution in [3.8, 4) is 0 Å². The van der Waals surface area contributed by atoms with Gasteiger partial charge in [-0.15, -0.1) is 0 Å². The van der Waals surface area contributed by atoms with Crippen LogP contribution in [0.25, 0.3) is 0 Å². The average Bonchev–Trinajstić information content (AvgIpc) is 3.08. The van der Waals surface area contributed by atoms with E-state index in [-0.39, 0.29) is 37.4 Å². The van der Waals surface area contributed by atoms with Gasteiger partial charge in [0, 0.05) is 23.8 Å². The number of primary amides is 1. The van der Waals surface area contributed by atoms with Gasteiger partial charge in [0.1, 0.15) is 6.04 Å². The number of carbonyl (C=O) groups is 4. The zero-order valence-corrected chi connectivity index (χ0v) is 14.7. The summed E-state index contributed by atoms with van der Waals surface area (Å²) >= 11 is 1.82. The van der Waals surface area contributed by atoms with Crippen LogP contribution >= 0.6 is 11.8 Å². The Labute approximate surface area is 149 Å². The second kappa shape index (κ2) is 9.04. The minimum absolute atomic E-state index is 0.0307. The van der Waals surface area contributed by atoms with Crippen LogP contribution in [-0.4, -0.2) is 53.0 Å². The highest BCUT2D eigenvalue weighted by atomic mass is 32.2. The van der Waals surface area contributed by atoms with Gasteiger partial charge in [-0.25, -0.2) is 9.59 Å². The van der Waals surface area contributed by atoms with Crippen molar-refractivity contribution in [1.29, 1.82) is 0 Å². The Morgan fingerprint density at radius 3 is 2.72 bits per heavy atom. The number of nitrogens with two attached hydrogens (primary N) is 2. The van der Waals surface area contributed by atoms with Crippen LogP contribution in [0.3, 0.4) is 0 Å². The van der Waals surface area contributed by atoms with Crippen LogP contribution in [0.5, 0.6) is 0 Å². The Balaban J connectivity index is 1.58. The second-order valence-electron chi connectivity index (χ2n) is 6.27. The molecular formula is C15H24N4O5S. The molecule has 25 heavy (non-hydrogen) atoms. The first-order valence-corrected chi connectivity index (χ1v) is 9.38. The Hall–Kier alpha value is -1.81. The lowest BCUT2D eigenvalue weighted by Crippen LogP contribution is -2.36. The van der Waals surface area contributed by atoms with Crippen molar-refractivity contribution in [3.63, 3.8) is 0 Å². The molecule has 6 N–H and O–H groups in total. The van der Waals surface area contributed by atoms with Crippen LogP contribution in [-0.2, 0) is 19.1 Å². The van der Waals surface area contributed by atoms with Crippen molar-refractivity contribution >= 4 is 35.6 Å². The van der Waals surface area contributed by atoms with E-state index in [0.717, 1.165) is 18.6 Å². The quantitative estimate of drug-likeness (QED) is 0.182. The Bertz CT molecular complexity index is 544. The van der Waals surface area contributed by atoms with Gasteiger partial charge >= 0.3 is 18.0 Å². The number of carbonyl (C=O) groups excluding carboxylic acids is 4. The standard InChI is InChI=1S/C15H24N4O5S/c16-8(5-6-11(17)20)14(22)24-12(21)4-2-1-3-10-13-9(7-25-10)18-15(23)19-13/h8-10,13H,1-7,16H2,(H2,17,20)(H2,18,19,23)/t8-,9-,10-,13-/m0/s1. The van der Waals surface area contributed by atoms with Gasteiger partial charge in [-0.1, -0.05) is 6.42 Å². The van der Waals surface area contributed by atoms with Crippen molar-refractivity contribution in [1.82, 2.24) is 10.6 Å². The van der Waals surface area contributed by atoms with Gasteiger partial charge in [0.05, 0.1) is 12.1 Å². The number of urea groups is 1. The largest absolute Gasteiger partial charge is 0.392 e. The molecule has 2 aliphatic heterocycles. The summed E-state index contributed by atoms with van der Waals surface area (Å²) in [4.78, 5) is 45.2. The van der Waals surface area contributed by atoms with Crippen molar-refractivity contribution in [3.05, 3.63) is 0 Å². The maximum atomic E-state index is 11.7. The molecule has 2 aliphatic rings. The molecule has 0 saturated carbocycles. The first-order valence-electron chi connectivity index (χ1n) is 8.34. The third-order valence-corrected chi connectivity index (χ3v) is 5.79. The van der Waals surface area contributed by atoms with E-state index in [2.05, 4.69) is 15.4 Å². The molecular weight excluding hydrogens is 348 g/mol. The summed E-state index contributed by atoms with van der Waals surface area (Å²) in [5.41, 5.74) is 10.5. The minimum Gasteiger partial charge on any atom is -0.392 e. The van der Waals surface area contributed by atoms with Crippen LogP contribution in [0.2, 0.25) is 0 Å². The second-order valence-corrected chi connectivity index (χ2v) is 7.54. The first kappa shape index (κ1) is 19.5. The lowest BCUT2D eigenvalue weighted by atomic mass is 10.0. The molecule has 0 unspecified atom stereocenters. The van der Waals surface area contributed by atoms with E-state index in [1.54, 1.807) is 0 Å². The lowest BCUT2D eigenvalue weighted by molar-refractivity contribution is -0.160. The van der Waals surface area contributed by atoms with Gasteiger partial charge in [-0.2, -0.15) is 11.8 Å². The maximum absolute atomic E-state index is 11.7. The molecule has 140 valence electrons. The normalized spacial score (nSPS) is 25.6. The zero-order valence-electron chi connectivity index (χ0n) is 13.9. The maximum Gasteiger partial charge on any atom is 0.330 e. The molecule has 2 fully saturated rings. The van der Waals surface area contributed by atoms with E-state index in [1.807, 2.05) is 11.8 Å². The Kier molecular flexibility index (Phi) is 7.06. The lowest BCUT2D eigenvalue weighted by Gasteiger charge is -2.16. The van der Waals surface area contributed by atoms with E-state index in [4.69, 9.17) is 11.5 Å². The highest BCUT2D eigenvalue weighted by Crippen LogP contribution is 2.33. The van der Waals surface area contributed by atoms with Crippen molar-refractivity contribution in [2.45, 2.75) is 61.9 Å². The van der Waals surface area contributed by atoms with Gasteiger partial charge in [0.25, 0.3) is 0 Å². The van der Waals surface area contributed by atoms with Gasteiger partial charge < -0.3 is 26.8 Å². The van der Waals surface area contributed by atoms with E-state index >= 15 is 0 Å². The molecule has 3 amide bonds. The molecule has 9 nitrogen and oxygen atoms in total. The van der Waals surface area contributed by atoms with E-state index < -0.39 is 23.9 Å². The van der Waals surface area contributed by atoms with Crippen molar-refractivity contribution < 1.29 is 23.9 Å². The summed E-state index contributed by atoms with van der Waals surface area (Å²) < 4.78 is 4.67. The molecule has 2 heterocycles. The minimum atomic E-state index is -1.03. The van der Waals surface area contributed by atoms with E-state index in [0.29, 0.717) is 11.7 Å². The summed E-state index contributed by atoms with van der Waals surface area (Å²) in [6, 6.07) is -0.807. The monoisotopic (exact) mass is 372 g/mol. The van der Waals surface area contributed by atoms with Gasteiger partial charge in [0.2, 0.25) is 5.91 Å². The number of ether oxygens (including phenoxy) is 1. The molecule has 0 bridgehead atoms. The highest BCUT2D eigenvalue weighted by molar-refractivity contribution is 8.00. The summed E-state index contributed by atoms with van der Waals surface area (Å²) in [6.07, 6.45) is 2.43. The number of thioether (sulfide) groups is 1. The van der Waals surface area contributed by atoms with Crippen molar-refractivity contribution in [2.75, 3.05) is 5.75 Å². The summed E-state index contributed by atoms with van der Waals surface area (Å²) in [5, 5.41) is 6.14. The predicted molar refractivity (Wildman–Crippen MR) is 91.5 cm³/mol. The Morgan fingerprint density at radius 2 is 2.00 bits per heavy atom. The third kappa shape index (κ3) is 5.89. The van der Waals surface area contributed by atoms with Crippen LogP contribution in [0.15, 0.2) is 0 Å². The van der Waals surface area contributed by atoms with Crippen molar-refractivity contribution in [2.24, 2.45) is 11.5 Å². The topological polar surface area (TPSA) is 154 Å². The summed E-state index contributed by atoms with van der Waals surface area (Å²) in [5.74, 6) is -1.11. The number of esters is 2. The molecule has 0 aromatic carbocycles. The molecule has 4 atom stereocenters. The first-order chi connectivity index (χ1) is 11.9. The van der Waals surface area contributed by atoms with Gasteiger partial charge in [0.15, 0.2) is 0 Å². The number of unbranched alkanes of at least 4 members (excludes halogenated alkanes) is 1. The summed E-state index contributed by atoms with van der Waals surface area (Å²) in [6.45, 7) is 0. The van der Waals surface area contributed by atoms with Crippen LogP contribution in [0.1, 0.15) is 38.5 Å². The smallest absolute Gasteiger partial charge is 0.330 e. The van der Waals surface area contributed by atoms with E-state index in [1.165, 1.54) is 0 Å². The fourth-order valence-corrected chi connectivity index (χ4v) is 4.46. The number of hydrogen-bond donors (Lipinski definition) is 4. The Morgan fingerprint density at radius 1 is 1.24 bits per heavy atom. The average molecular weight is 372 g/mol. The van der Waals surface area contributed by atoms with Crippen LogP contribution in [0, 0.1) is 0 Å². The number of fused-ring (bicyclic) bond motifs is 1. The molecule has 2 rings (SSSR count). The molecule has 0 radical (unpaired) electrons. The van der Waals surface area contributed by atoms with Gasteiger partial charge in [-0.05, 0) is 19.3 Å².